The number of imidazole rings is 1. The molecule has 164 valence electrons. The first-order valence-corrected chi connectivity index (χ1v) is 10.8. The molecule has 0 aliphatic heterocycles. The summed E-state index contributed by atoms with van der Waals surface area (Å²) in [6.07, 6.45) is 4.81. The van der Waals surface area contributed by atoms with Crippen molar-refractivity contribution in [3.8, 4) is 0 Å². The van der Waals surface area contributed by atoms with Crippen molar-refractivity contribution in [2.24, 2.45) is 16.2 Å². The molecule has 6 N–H and O–H groups in total. The average molecular weight is 447 g/mol. The van der Waals surface area contributed by atoms with Gasteiger partial charge in [-0.1, -0.05) is 6.07 Å². The van der Waals surface area contributed by atoms with E-state index in [0.717, 1.165) is 5.65 Å². The number of anilines is 3. The number of nitrogens with zero attached hydrogens (tertiary/aromatic N) is 5. The van der Waals surface area contributed by atoms with Crippen LogP contribution < -0.4 is 15.8 Å². The topological polar surface area (TPSA) is 193 Å². The third kappa shape index (κ3) is 4.77. The summed E-state index contributed by atoms with van der Waals surface area (Å²) in [6.45, 7) is -0.210. The molecule has 14 heteroatoms. The molecule has 3 aromatic rings. The van der Waals surface area contributed by atoms with Gasteiger partial charge in [0.05, 0.1) is 18.9 Å². The fourth-order valence-electron chi connectivity index (χ4n) is 3.60. The number of aliphatic hydroxyl groups excluding tert-OH is 1. The summed E-state index contributed by atoms with van der Waals surface area (Å²) in [6, 6.07) is 5.36. The number of aromatic nitrogens is 4. The molecular formula is C17H21N9O4S. The van der Waals surface area contributed by atoms with Crippen LogP contribution in [0.4, 0.5) is 23.1 Å². The monoisotopic (exact) mass is 447 g/mol. The quantitative estimate of drug-likeness (QED) is 0.316. The third-order valence-corrected chi connectivity index (χ3v) is 5.51. The van der Waals surface area contributed by atoms with E-state index in [4.69, 9.17) is 10.7 Å². The van der Waals surface area contributed by atoms with E-state index in [1.165, 1.54) is 6.33 Å². The van der Waals surface area contributed by atoms with Crippen LogP contribution in [0, 0.1) is 11.4 Å². The minimum absolute atomic E-state index is 0.187. The van der Waals surface area contributed by atoms with Gasteiger partial charge in [0.2, 0.25) is 0 Å². The van der Waals surface area contributed by atoms with Crippen molar-refractivity contribution in [3.63, 3.8) is 0 Å². The molecule has 0 radical (unpaired) electrons. The molecule has 3 heterocycles. The number of hydrogen-bond donors (Lipinski definition) is 5. The molecule has 0 aromatic carbocycles. The van der Waals surface area contributed by atoms with Gasteiger partial charge in [0.25, 0.3) is 0 Å². The van der Waals surface area contributed by atoms with Gasteiger partial charge in [0, 0.05) is 18.2 Å². The second-order valence-electron chi connectivity index (χ2n) is 7.15. The molecule has 31 heavy (non-hydrogen) atoms. The second-order valence-corrected chi connectivity index (χ2v) is 8.37. The number of pyridine rings is 1. The predicted molar refractivity (Wildman–Crippen MR) is 111 cm³/mol. The first-order valence-electron chi connectivity index (χ1n) is 9.37. The molecule has 0 amide bonds. The lowest BCUT2D eigenvalue weighted by Gasteiger charge is -2.16. The highest BCUT2D eigenvalue weighted by atomic mass is 32.2. The van der Waals surface area contributed by atoms with Crippen molar-refractivity contribution in [2.75, 3.05) is 17.2 Å². The number of aliphatic hydroxyl groups is 1. The molecule has 4 rings (SSSR count). The molecule has 1 aliphatic carbocycles. The molecule has 1 aliphatic rings. The molecule has 0 bridgehead atoms. The van der Waals surface area contributed by atoms with E-state index < -0.39 is 22.3 Å². The summed E-state index contributed by atoms with van der Waals surface area (Å²) in [5.41, 5.74) is 8.53. The van der Waals surface area contributed by atoms with Crippen LogP contribution >= 0.6 is 0 Å². The van der Waals surface area contributed by atoms with Crippen molar-refractivity contribution in [1.29, 1.82) is 5.53 Å². The van der Waals surface area contributed by atoms with Gasteiger partial charge in [-0.15, -0.1) is 0 Å². The lowest BCUT2D eigenvalue weighted by molar-refractivity contribution is 0.101. The lowest BCUT2D eigenvalue weighted by atomic mass is 10.1. The Morgan fingerprint density at radius 1 is 1.29 bits per heavy atom. The van der Waals surface area contributed by atoms with Gasteiger partial charge in [-0.25, -0.2) is 25.6 Å². The lowest BCUT2D eigenvalue weighted by Crippen LogP contribution is -2.24. The van der Waals surface area contributed by atoms with Gasteiger partial charge < -0.3 is 15.7 Å². The van der Waals surface area contributed by atoms with Crippen molar-refractivity contribution >= 4 is 39.1 Å². The molecule has 1 fully saturated rings. The zero-order valence-corrected chi connectivity index (χ0v) is 17.0. The van der Waals surface area contributed by atoms with Crippen LogP contribution in [0.5, 0.6) is 0 Å². The van der Waals surface area contributed by atoms with E-state index in [-0.39, 0.29) is 18.3 Å². The Hall–Kier alpha value is -3.20. The van der Waals surface area contributed by atoms with E-state index in [9.17, 15) is 13.5 Å². The molecule has 3 unspecified atom stereocenters. The fourth-order valence-corrected chi connectivity index (χ4v) is 3.97. The van der Waals surface area contributed by atoms with Crippen LogP contribution in [0.3, 0.4) is 0 Å². The van der Waals surface area contributed by atoms with Gasteiger partial charge in [0.15, 0.2) is 17.3 Å². The molecule has 3 aromatic heterocycles. The Morgan fingerprint density at radius 3 is 2.87 bits per heavy atom. The molecule has 3 atom stereocenters. The van der Waals surface area contributed by atoms with Gasteiger partial charge in [-0.05, 0) is 25.0 Å². The standard InChI is InChI=1S/C17H21N9O4S/c18-25-15-16(23-11-5-10(12(27)6-11)8-30-31(19,28)29)21-9-22-17(15)24-14-7-20-13-3-1-2-4-26(13)14/h1-4,7,9-12,18,27H,5-6,8H2,(H2,19,28,29)(H2,21,22,23,24). The van der Waals surface area contributed by atoms with Gasteiger partial charge in [-0.3, -0.25) is 8.58 Å². The molecule has 13 nitrogen and oxygen atoms in total. The number of nitrogens with one attached hydrogen (secondary N) is 3. The Balaban J connectivity index is 1.50. The second kappa shape index (κ2) is 8.50. The number of nitrogens with two attached hydrogens (primary N) is 1. The predicted octanol–water partition coefficient (Wildman–Crippen LogP) is 1.30. The van der Waals surface area contributed by atoms with Crippen LogP contribution in [-0.2, 0) is 14.5 Å². The summed E-state index contributed by atoms with van der Waals surface area (Å²) in [5.74, 6) is 0.851. The number of hydrogen-bond acceptors (Lipinski definition) is 11. The highest BCUT2D eigenvalue weighted by Crippen LogP contribution is 2.35. The summed E-state index contributed by atoms with van der Waals surface area (Å²) >= 11 is 0. The van der Waals surface area contributed by atoms with Crippen molar-refractivity contribution in [2.45, 2.75) is 25.0 Å². The van der Waals surface area contributed by atoms with Crippen LogP contribution in [0.2, 0.25) is 0 Å². The largest absolute Gasteiger partial charge is 0.393 e. The maximum atomic E-state index is 11.0. The van der Waals surface area contributed by atoms with Gasteiger partial charge >= 0.3 is 10.3 Å². The zero-order valence-electron chi connectivity index (χ0n) is 16.2. The minimum atomic E-state index is -4.08. The zero-order chi connectivity index (χ0) is 22.0. The highest BCUT2D eigenvalue weighted by molar-refractivity contribution is 7.84. The Labute approximate surface area is 177 Å². The summed E-state index contributed by atoms with van der Waals surface area (Å²) in [4.78, 5) is 12.7. The van der Waals surface area contributed by atoms with E-state index in [1.807, 2.05) is 28.8 Å². The summed E-state index contributed by atoms with van der Waals surface area (Å²) in [5, 5.41) is 24.9. The van der Waals surface area contributed by atoms with Gasteiger partial charge in [-0.2, -0.15) is 13.5 Å². The van der Waals surface area contributed by atoms with Crippen LogP contribution in [0.25, 0.3) is 5.65 Å². The molecule has 0 spiro atoms. The number of fused-ring (bicyclic) bond motifs is 1. The number of rotatable bonds is 8. The van der Waals surface area contributed by atoms with E-state index in [0.29, 0.717) is 30.3 Å². The fraction of sp³-hybridized carbons (Fsp3) is 0.353. The Kier molecular flexibility index (Phi) is 5.77. The third-order valence-electron chi connectivity index (χ3n) is 5.04. The van der Waals surface area contributed by atoms with Crippen LogP contribution in [0.1, 0.15) is 12.8 Å². The molecular weight excluding hydrogens is 426 g/mol. The smallest absolute Gasteiger partial charge is 0.333 e. The Bertz CT molecular complexity index is 1200. The van der Waals surface area contributed by atoms with Crippen molar-refractivity contribution < 1.29 is 17.7 Å². The first-order chi connectivity index (χ1) is 14.8. The van der Waals surface area contributed by atoms with E-state index in [2.05, 4.69) is 34.9 Å². The maximum Gasteiger partial charge on any atom is 0.333 e. The van der Waals surface area contributed by atoms with Gasteiger partial charge in [0.1, 0.15) is 17.8 Å². The molecule has 0 saturated heterocycles. The normalized spacial score (nSPS) is 21.3. The summed E-state index contributed by atoms with van der Waals surface area (Å²) in [7, 11) is -4.08. The SMILES string of the molecule is N=Nc1c(Nc2cnc3ccccn23)ncnc1NC1CC(O)C(COS(N)(=O)=O)C1. The van der Waals surface area contributed by atoms with Crippen LogP contribution in [0.15, 0.2) is 42.0 Å². The summed E-state index contributed by atoms with van der Waals surface area (Å²) < 4.78 is 28.4. The first kappa shape index (κ1) is 21.0. The molecule has 1 saturated carbocycles. The average Bonchev–Trinajstić information content (AvgIpc) is 3.29. The maximum absolute atomic E-state index is 11.0. The minimum Gasteiger partial charge on any atom is -0.393 e. The van der Waals surface area contributed by atoms with Crippen molar-refractivity contribution in [3.05, 3.63) is 36.9 Å². The Morgan fingerprint density at radius 2 is 2.10 bits per heavy atom. The van der Waals surface area contributed by atoms with E-state index in [1.54, 1.807) is 6.20 Å². The highest BCUT2D eigenvalue weighted by Gasteiger charge is 2.34. The van der Waals surface area contributed by atoms with Crippen molar-refractivity contribution in [1.82, 2.24) is 19.4 Å². The van der Waals surface area contributed by atoms with E-state index >= 15 is 0 Å². The van der Waals surface area contributed by atoms with Crippen LogP contribution in [-0.4, -0.2) is 51.6 Å².